The van der Waals surface area contributed by atoms with Gasteiger partial charge in [-0.3, -0.25) is 4.90 Å². The summed E-state index contributed by atoms with van der Waals surface area (Å²) < 4.78 is 19.1. The fourth-order valence-corrected chi connectivity index (χ4v) is 2.98. The molecule has 22 heavy (non-hydrogen) atoms. The SMILES string of the molecule is CCC(C)[C@@H](c1cc(F)ccc1OC)N1CCNCC1.Cl.Cl. The molecule has 1 aliphatic heterocycles. The molecule has 0 spiro atoms. The van der Waals surface area contributed by atoms with Gasteiger partial charge in [0.05, 0.1) is 7.11 Å². The van der Waals surface area contributed by atoms with Crippen molar-refractivity contribution in [2.75, 3.05) is 33.3 Å². The first-order chi connectivity index (χ1) is 9.67. The average molecular weight is 353 g/mol. The number of nitrogens with zero attached hydrogens (tertiary/aromatic N) is 1. The molecule has 1 fully saturated rings. The van der Waals surface area contributed by atoms with Crippen LogP contribution in [0.5, 0.6) is 5.75 Å². The van der Waals surface area contributed by atoms with Crippen LogP contribution >= 0.6 is 24.8 Å². The number of methoxy groups -OCH3 is 1. The second-order valence-electron chi connectivity index (χ2n) is 5.50. The molecule has 0 radical (unpaired) electrons. The molecule has 2 rings (SSSR count). The van der Waals surface area contributed by atoms with Crippen molar-refractivity contribution in [3.63, 3.8) is 0 Å². The molecule has 128 valence electrons. The Morgan fingerprint density at radius 2 is 1.91 bits per heavy atom. The van der Waals surface area contributed by atoms with Crippen molar-refractivity contribution in [1.82, 2.24) is 10.2 Å². The lowest BCUT2D eigenvalue weighted by molar-refractivity contribution is 0.126. The molecule has 0 amide bonds. The van der Waals surface area contributed by atoms with Crippen LogP contribution in [0, 0.1) is 11.7 Å². The number of hydrogen-bond acceptors (Lipinski definition) is 3. The van der Waals surface area contributed by atoms with E-state index in [1.807, 2.05) is 0 Å². The summed E-state index contributed by atoms with van der Waals surface area (Å²) >= 11 is 0. The molecule has 1 aromatic carbocycles. The summed E-state index contributed by atoms with van der Waals surface area (Å²) in [5.41, 5.74) is 0.976. The maximum Gasteiger partial charge on any atom is 0.123 e. The van der Waals surface area contributed by atoms with Gasteiger partial charge in [0.2, 0.25) is 0 Å². The van der Waals surface area contributed by atoms with Crippen LogP contribution in [0.15, 0.2) is 18.2 Å². The van der Waals surface area contributed by atoms with Gasteiger partial charge in [-0.15, -0.1) is 24.8 Å². The van der Waals surface area contributed by atoms with Crippen molar-refractivity contribution in [2.24, 2.45) is 5.92 Å². The highest BCUT2D eigenvalue weighted by atomic mass is 35.5. The predicted octanol–water partition coefficient (Wildman–Crippen LogP) is 3.67. The molecular weight excluding hydrogens is 326 g/mol. The minimum Gasteiger partial charge on any atom is -0.496 e. The number of piperazine rings is 1. The van der Waals surface area contributed by atoms with Crippen LogP contribution in [0.2, 0.25) is 0 Å². The Morgan fingerprint density at radius 1 is 1.27 bits per heavy atom. The van der Waals surface area contributed by atoms with Crippen molar-refractivity contribution in [3.8, 4) is 5.75 Å². The fraction of sp³-hybridized carbons (Fsp3) is 0.625. The summed E-state index contributed by atoms with van der Waals surface area (Å²) in [4.78, 5) is 2.45. The third-order valence-electron chi connectivity index (χ3n) is 4.24. The van der Waals surface area contributed by atoms with Gasteiger partial charge in [-0.05, 0) is 24.1 Å². The van der Waals surface area contributed by atoms with E-state index >= 15 is 0 Å². The maximum absolute atomic E-state index is 13.7. The largest absolute Gasteiger partial charge is 0.496 e. The molecule has 1 unspecified atom stereocenters. The van der Waals surface area contributed by atoms with E-state index in [1.165, 1.54) is 6.07 Å². The highest BCUT2D eigenvalue weighted by Gasteiger charge is 2.29. The minimum absolute atomic E-state index is 0. The van der Waals surface area contributed by atoms with Gasteiger partial charge in [0.1, 0.15) is 11.6 Å². The van der Waals surface area contributed by atoms with Gasteiger partial charge < -0.3 is 10.1 Å². The van der Waals surface area contributed by atoms with Crippen molar-refractivity contribution >= 4 is 24.8 Å². The molecule has 1 saturated heterocycles. The van der Waals surface area contributed by atoms with Crippen LogP contribution in [0.25, 0.3) is 0 Å². The van der Waals surface area contributed by atoms with E-state index in [9.17, 15) is 4.39 Å². The maximum atomic E-state index is 13.7. The summed E-state index contributed by atoms with van der Waals surface area (Å²) in [6.07, 6.45) is 1.06. The lowest BCUT2D eigenvalue weighted by Gasteiger charge is -2.39. The average Bonchev–Trinajstić information content (AvgIpc) is 2.48. The first-order valence-corrected chi connectivity index (χ1v) is 7.45. The van der Waals surface area contributed by atoms with Crippen molar-refractivity contribution in [2.45, 2.75) is 26.3 Å². The number of nitrogens with one attached hydrogen (secondary N) is 1. The number of hydrogen-bond donors (Lipinski definition) is 1. The smallest absolute Gasteiger partial charge is 0.123 e. The second kappa shape index (κ2) is 10.3. The van der Waals surface area contributed by atoms with Crippen LogP contribution in [-0.4, -0.2) is 38.2 Å². The summed E-state index contributed by atoms with van der Waals surface area (Å²) in [5, 5.41) is 3.37. The quantitative estimate of drug-likeness (QED) is 0.874. The number of halogens is 3. The van der Waals surface area contributed by atoms with E-state index in [1.54, 1.807) is 19.2 Å². The number of ether oxygens (including phenoxy) is 1. The molecule has 0 bridgehead atoms. The van der Waals surface area contributed by atoms with Crippen molar-refractivity contribution in [3.05, 3.63) is 29.6 Å². The first kappa shape index (κ1) is 21.4. The third kappa shape index (κ3) is 4.98. The molecule has 1 aliphatic rings. The summed E-state index contributed by atoms with van der Waals surface area (Å²) in [6, 6.07) is 5.06. The zero-order chi connectivity index (χ0) is 14.5. The van der Waals surface area contributed by atoms with E-state index in [4.69, 9.17) is 4.74 Å². The topological polar surface area (TPSA) is 24.5 Å². The first-order valence-electron chi connectivity index (χ1n) is 7.45. The second-order valence-corrected chi connectivity index (χ2v) is 5.50. The van der Waals surface area contributed by atoms with Crippen LogP contribution in [0.1, 0.15) is 31.9 Å². The van der Waals surface area contributed by atoms with Crippen LogP contribution in [0.3, 0.4) is 0 Å². The molecule has 2 atom stereocenters. The zero-order valence-electron chi connectivity index (χ0n) is 13.5. The molecule has 1 N–H and O–H groups in total. The zero-order valence-corrected chi connectivity index (χ0v) is 15.1. The van der Waals surface area contributed by atoms with Gasteiger partial charge in [0.25, 0.3) is 0 Å². The molecule has 6 heteroatoms. The third-order valence-corrected chi connectivity index (χ3v) is 4.24. The summed E-state index contributed by atoms with van der Waals surface area (Å²) in [6.45, 7) is 8.39. The molecule has 1 heterocycles. The van der Waals surface area contributed by atoms with Crippen LogP contribution in [0.4, 0.5) is 4.39 Å². The lowest BCUT2D eigenvalue weighted by atomic mass is 9.90. The normalized spacial score (nSPS) is 17.8. The molecule has 0 aromatic heterocycles. The Balaban J connectivity index is 0.00000220. The lowest BCUT2D eigenvalue weighted by Crippen LogP contribution is -2.46. The van der Waals surface area contributed by atoms with Gasteiger partial charge in [0.15, 0.2) is 0 Å². The van der Waals surface area contributed by atoms with Gasteiger partial charge in [0, 0.05) is 37.8 Å². The Kier molecular flexibility index (Phi) is 10.0. The highest BCUT2D eigenvalue weighted by molar-refractivity contribution is 5.85. The van der Waals surface area contributed by atoms with Crippen molar-refractivity contribution < 1.29 is 9.13 Å². The fourth-order valence-electron chi connectivity index (χ4n) is 2.98. The molecule has 0 aliphatic carbocycles. The standard InChI is InChI=1S/C16H25FN2O.2ClH/c1-4-12(2)16(19-9-7-18-8-10-19)14-11-13(17)5-6-15(14)20-3;;/h5-6,11-12,16,18H,4,7-10H2,1-3H3;2*1H/t12?,16-;;/m0../s1. The van der Waals surface area contributed by atoms with Crippen molar-refractivity contribution in [1.29, 1.82) is 0 Å². The highest BCUT2D eigenvalue weighted by Crippen LogP contribution is 2.36. The molecule has 3 nitrogen and oxygen atoms in total. The van der Waals surface area contributed by atoms with E-state index < -0.39 is 0 Å². The Morgan fingerprint density at radius 3 is 2.45 bits per heavy atom. The van der Waals surface area contributed by atoms with E-state index in [0.29, 0.717) is 5.92 Å². The van der Waals surface area contributed by atoms with Gasteiger partial charge in [-0.1, -0.05) is 20.3 Å². The number of benzene rings is 1. The van der Waals surface area contributed by atoms with Gasteiger partial charge in [-0.2, -0.15) is 0 Å². The van der Waals surface area contributed by atoms with Gasteiger partial charge >= 0.3 is 0 Å². The number of rotatable bonds is 5. The van der Waals surface area contributed by atoms with Crippen LogP contribution in [-0.2, 0) is 0 Å². The Labute approximate surface area is 145 Å². The van der Waals surface area contributed by atoms with Gasteiger partial charge in [-0.25, -0.2) is 4.39 Å². The van der Waals surface area contributed by atoms with E-state index in [2.05, 4.69) is 24.1 Å². The minimum atomic E-state index is -0.191. The summed E-state index contributed by atoms with van der Waals surface area (Å²) in [7, 11) is 1.65. The van der Waals surface area contributed by atoms with E-state index in [0.717, 1.165) is 43.9 Å². The summed E-state index contributed by atoms with van der Waals surface area (Å²) in [5.74, 6) is 1.06. The van der Waals surface area contributed by atoms with Crippen LogP contribution < -0.4 is 10.1 Å². The Hall–Kier alpha value is -0.550. The molecule has 1 aromatic rings. The predicted molar refractivity (Wildman–Crippen MR) is 94.1 cm³/mol. The molecule has 0 saturated carbocycles. The molecular formula is C16H27Cl2FN2O. The Bertz CT molecular complexity index is 442. The van der Waals surface area contributed by atoms with E-state index in [-0.39, 0.29) is 36.7 Å². The monoisotopic (exact) mass is 352 g/mol.